The van der Waals surface area contributed by atoms with Crippen molar-refractivity contribution in [2.45, 2.75) is 11.8 Å². The average molecular weight is 343 g/mol. The molecule has 2 N–H and O–H groups in total. The fourth-order valence-corrected chi connectivity index (χ4v) is 3.14. The van der Waals surface area contributed by atoms with Gasteiger partial charge in [0.15, 0.2) is 0 Å². The number of hydrogen-bond acceptors (Lipinski definition) is 4. The van der Waals surface area contributed by atoms with Crippen LogP contribution in [-0.4, -0.2) is 18.5 Å². The Morgan fingerprint density at radius 3 is 2.63 bits per heavy atom. The third-order valence-electron chi connectivity index (χ3n) is 2.43. The standard InChI is InChI=1S/C12H11BrN2O3S/c1-8-6-9(13)7-14-12(8)15-19(17,18)11-5-3-2-4-10(11)16/h2-7,16H,1H3,(H,14,15). The van der Waals surface area contributed by atoms with Gasteiger partial charge in [0.1, 0.15) is 16.5 Å². The topological polar surface area (TPSA) is 79.3 Å². The highest BCUT2D eigenvalue weighted by atomic mass is 79.9. The van der Waals surface area contributed by atoms with E-state index in [1.807, 2.05) is 0 Å². The van der Waals surface area contributed by atoms with Gasteiger partial charge in [0.05, 0.1) is 0 Å². The molecule has 1 aromatic heterocycles. The number of benzene rings is 1. The number of hydrogen-bond donors (Lipinski definition) is 2. The van der Waals surface area contributed by atoms with Crippen LogP contribution in [0.2, 0.25) is 0 Å². The van der Waals surface area contributed by atoms with Gasteiger partial charge in [0.25, 0.3) is 10.0 Å². The summed E-state index contributed by atoms with van der Waals surface area (Å²) in [4.78, 5) is 3.82. The molecule has 0 atom stereocenters. The Bertz CT molecular complexity index is 717. The zero-order valence-electron chi connectivity index (χ0n) is 9.96. The van der Waals surface area contributed by atoms with Crippen molar-refractivity contribution in [2.24, 2.45) is 0 Å². The fraction of sp³-hybridized carbons (Fsp3) is 0.0833. The van der Waals surface area contributed by atoms with Gasteiger partial charge in [-0.2, -0.15) is 0 Å². The summed E-state index contributed by atoms with van der Waals surface area (Å²) in [5, 5.41) is 9.59. The molecule has 1 heterocycles. The van der Waals surface area contributed by atoms with Gasteiger partial charge >= 0.3 is 0 Å². The van der Waals surface area contributed by atoms with Crippen LogP contribution in [0.3, 0.4) is 0 Å². The van der Waals surface area contributed by atoms with Crippen LogP contribution in [0.4, 0.5) is 5.82 Å². The van der Waals surface area contributed by atoms with Crippen molar-refractivity contribution < 1.29 is 13.5 Å². The molecule has 2 aromatic rings. The van der Waals surface area contributed by atoms with Crippen molar-refractivity contribution in [1.29, 1.82) is 0 Å². The molecule has 0 amide bonds. The van der Waals surface area contributed by atoms with E-state index < -0.39 is 10.0 Å². The van der Waals surface area contributed by atoms with Crippen LogP contribution >= 0.6 is 15.9 Å². The van der Waals surface area contributed by atoms with Crippen LogP contribution in [0.1, 0.15) is 5.56 Å². The Kier molecular flexibility index (Phi) is 3.77. The molecule has 0 bridgehead atoms. The molecule has 0 aliphatic rings. The SMILES string of the molecule is Cc1cc(Br)cnc1NS(=O)(=O)c1ccccc1O. The minimum absolute atomic E-state index is 0.181. The maximum atomic E-state index is 12.1. The summed E-state index contributed by atoms with van der Waals surface area (Å²) in [5.74, 6) is -0.0729. The van der Waals surface area contributed by atoms with Crippen molar-refractivity contribution in [3.63, 3.8) is 0 Å². The van der Waals surface area contributed by atoms with E-state index in [9.17, 15) is 13.5 Å². The number of anilines is 1. The zero-order chi connectivity index (χ0) is 14.0. The summed E-state index contributed by atoms with van der Waals surface area (Å²) in [6.07, 6.45) is 1.50. The second kappa shape index (κ2) is 5.18. The summed E-state index contributed by atoms with van der Waals surface area (Å²) >= 11 is 3.25. The van der Waals surface area contributed by atoms with Crippen molar-refractivity contribution in [3.8, 4) is 5.75 Å². The second-order valence-electron chi connectivity index (χ2n) is 3.89. The number of pyridine rings is 1. The molecule has 0 radical (unpaired) electrons. The molecular formula is C12H11BrN2O3S. The second-order valence-corrected chi connectivity index (χ2v) is 6.46. The van der Waals surface area contributed by atoms with Gasteiger partial charge in [-0.1, -0.05) is 12.1 Å². The molecule has 0 spiro atoms. The van der Waals surface area contributed by atoms with E-state index in [-0.39, 0.29) is 16.5 Å². The van der Waals surface area contributed by atoms with Crippen LogP contribution in [0.5, 0.6) is 5.75 Å². The molecule has 19 heavy (non-hydrogen) atoms. The Hall–Kier alpha value is -1.60. The number of aromatic hydroxyl groups is 1. The molecular weight excluding hydrogens is 332 g/mol. The Balaban J connectivity index is 2.40. The minimum Gasteiger partial charge on any atom is -0.507 e. The predicted octanol–water partition coefficient (Wildman–Crippen LogP) is 2.66. The lowest BCUT2D eigenvalue weighted by atomic mass is 10.3. The van der Waals surface area contributed by atoms with Crippen LogP contribution in [0, 0.1) is 6.92 Å². The first-order valence-electron chi connectivity index (χ1n) is 5.33. The minimum atomic E-state index is -3.86. The summed E-state index contributed by atoms with van der Waals surface area (Å²) in [6.45, 7) is 1.74. The lowest BCUT2D eigenvalue weighted by Gasteiger charge is -2.10. The van der Waals surface area contributed by atoms with E-state index in [4.69, 9.17) is 0 Å². The molecule has 0 fully saturated rings. The maximum Gasteiger partial charge on any atom is 0.266 e. The number of rotatable bonds is 3. The van der Waals surface area contributed by atoms with Gasteiger partial charge < -0.3 is 5.11 Å². The highest BCUT2D eigenvalue weighted by molar-refractivity contribution is 9.10. The lowest BCUT2D eigenvalue weighted by molar-refractivity contribution is 0.459. The maximum absolute atomic E-state index is 12.1. The van der Waals surface area contributed by atoms with Gasteiger partial charge in [-0.15, -0.1) is 0 Å². The number of sulfonamides is 1. The summed E-state index contributed by atoms with van der Waals surface area (Å²) < 4.78 is 27.4. The summed E-state index contributed by atoms with van der Waals surface area (Å²) in [7, 11) is -3.86. The number of aryl methyl sites for hydroxylation is 1. The Morgan fingerprint density at radius 2 is 2.00 bits per heavy atom. The number of phenolic OH excluding ortho intramolecular Hbond substituents is 1. The molecule has 0 saturated heterocycles. The van der Waals surface area contributed by atoms with Crippen molar-refractivity contribution >= 4 is 31.8 Å². The lowest BCUT2D eigenvalue weighted by Crippen LogP contribution is -2.15. The number of nitrogens with one attached hydrogen (secondary N) is 1. The van der Waals surface area contributed by atoms with Gasteiger partial charge in [0, 0.05) is 10.7 Å². The molecule has 0 aliphatic heterocycles. The number of phenols is 1. The number of para-hydroxylation sites is 1. The normalized spacial score (nSPS) is 11.3. The highest BCUT2D eigenvalue weighted by Gasteiger charge is 2.19. The summed E-state index contributed by atoms with van der Waals surface area (Å²) in [6, 6.07) is 7.48. The fourth-order valence-electron chi connectivity index (χ4n) is 1.51. The molecule has 1 aromatic carbocycles. The van der Waals surface area contributed by atoms with E-state index in [0.29, 0.717) is 5.56 Å². The molecule has 0 saturated carbocycles. The largest absolute Gasteiger partial charge is 0.507 e. The first kappa shape index (κ1) is 13.8. The van der Waals surface area contributed by atoms with Crippen molar-refractivity contribution in [2.75, 3.05) is 4.72 Å². The highest BCUT2D eigenvalue weighted by Crippen LogP contribution is 2.25. The number of halogens is 1. The van der Waals surface area contributed by atoms with Crippen LogP contribution in [0.15, 0.2) is 45.9 Å². The van der Waals surface area contributed by atoms with Crippen LogP contribution in [0.25, 0.3) is 0 Å². The first-order chi connectivity index (χ1) is 8.90. The molecule has 5 nitrogen and oxygen atoms in total. The van der Waals surface area contributed by atoms with E-state index in [1.165, 1.54) is 24.4 Å². The molecule has 2 rings (SSSR count). The number of aromatic nitrogens is 1. The molecule has 0 aliphatic carbocycles. The molecule has 100 valence electrons. The van der Waals surface area contributed by atoms with Crippen molar-refractivity contribution in [1.82, 2.24) is 4.98 Å². The zero-order valence-corrected chi connectivity index (χ0v) is 12.4. The van der Waals surface area contributed by atoms with E-state index in [0.717, 1.165) is 4.47 Å². The quantitative estimate of drug-likeness (QED) is 0.898. The third kappa shape index (κ3) is 3.05. The van der Waals surface area contributed by atoms with E-state index in [1.54, 1.807) is 19.1 Å². The Labute approximate surface area is 119 Å². The summed E-state index contributed by atoms with van der Waals surface area (Å²) in [5.41, 5.74) is 0.674. The van der Waals surface area contributed by atoms with Gasteiger partial charge in [0.2, 0.25) is 0 Å². The van der Waals surface area contributed by atoms with E-state index >= 15 is 0 Å². The van der Waals surface area contributed by atoms with Gasteiger partial charge in [-0.25, -0.2) is 13.4 Å². The molecule has 0 unspecified atom stereocenters. The van der Waals surface area contributed by atoms with Crippen LogP contribution < -0.4 is 4.72 Å². The van der Waals surface area contributed by atoms with Crippen LogP contribution in [-0.2, 0) is 10.0 Å². The van der Waals surface area contributed by atoms with Gasteiger partial charge in [-0.05, 0) is 46.6 Å². The Morgan fingerprint density at radius 1 is 1.32 bits per heavy atom. The third-order valence-corrected chi connectivity index (χ3v) is 4.25. The van der Waals surface area contributed by atoms with Crippen molar-refractivity contribution in [3.05, 3.63) is 46.6 Å². The average Bonchev–Trinajstić information content (AvgIpc) is 2.33. The number of nitrogens with zero attached hydrogens (tertiary/aromatic N) is 1. The monoisotopic (exact) mass is 342 g/mol. The predicted molar refractivity (Wildman–Crippen MR) is 75.6 cm³/mol. The smallest absolute Gasteiger partial charge is 0.266 e. The first-order valence-corrected chi connectivity index (χ1v) is 7.61. The molecule has 7 heteroatoms. The van der Waals surface area contributed by atoms with Gasteiger partial charge in [-0.3, -0.25) is 4.72 Å². The van der Waals surface area contributed by atoms with E-state index in [2.05, 4.69) is 25.6 Å².